The highest BCUT2D eigenvalue weighted by molar-refractivity contribution is 5.72. The number of ether oxygens (including phenoxy) is 1. The molecule has 0 fully saturated rings. The molecule has 1 unspecified atom stereocenters. The standard InChI is InChI=1S/C19H23NO/c1-14(13-20)10-11-16-7-5-8-17(12-16)18-9-4-6-15(2)19(18)21-3/h4-9,12-14,20H,10-11H2,1-3H3. The van der Waals surface area contributed by atoms with Gasteiger partial charge in [-0.05, 0) is 48.6 Å². The van der Waals surface area contributed by atoms with E-state index in [0.29, 0.717) is 5.92 Å². The zero-order valence-corrected chi connectivity index (χ0v) is 13.0. The Kier molecular flexibility index (Phi) is 5.15. The van der Waals surface area contributed by atoms with Crippen LogP contribution in [0.3, 0.4) is 0 Å². The van der Waals surface area contributed by atoms with Crippen molar-refractivity contribution in [1.82, 2.24) is 0 Å². The average Bonchev–Trinajstić information content (AvgIpc) is 2.52. The monoisotopic (exact) mass is 281 g/mol. The molecule has 0 amide bonds. The summed E-state index contributed by atoms with van der Waals surface area (Å²) in [7, 11) is 1.72. The third kappa shape index (κ3) is 3.72. The molecule has 1 N–H and O–H groups in total. The molecule has 2 rings (SSSR count). The van der Waals surface area contributed by atoms with Gasteiger partial charge >= 0.3 is 0 Å². The maximum atomic E-state index is 7.29. The number of aryl methyl sites for hydroxylation is 2. The molecular weight excluding hydrogens is 258 g/mol. The summed E-state index contributed by atoms with van der Waals surface area (Å²) in [6.07, 6.45) is 3.53. The van der Waals surface area contributed by atoms with Crippen LogP contribution in [0.5, 0.6) is 5.75 Å². The van der Waals surface area contributed by atoms with Crippen LogP contribution < -0.4 is 4.74 Å². The third-order valence-electron chi connectivity index (χ3n) is 3.83. The van der Waals surface area contributed by atoms with Gasteiger partial charge < -0.3 is 10.1 Å². The first kappa shape index (κ1) is 15.3. The summed E-state index contributed by atoms with van der Waals surface area (Å²) in [5.74, 6) is 1.28. The summed E-state index contributed by atoms with van der Waals surface area (Å²) in [5, 5.41) is 7.29. The number of methoxy groups -OCH3 is 1. The lowest BCUT2D eigenvalue weighted by Gasteiger charge is -2.13. The Balaban J connectivity index is 2.29. The van der Waals surface area contributed by atoms with E-state index in [1.54, 1.807) is 7.11 Å². The summed E-state index contributed by atoms with van der Waals surface area (Å²) in [6.45, 7) is 4.15. The largest absolute Gasteiger partial charge is 0.496 e. The summed E-state index contributed by atoms with van der Waals surface area (Å²) in [5.41, 5.74) is 4.79. The van der Waals surface area contributed by atoms with Gasteiger partial charge in [0.15, 0.2) is 0 Å². The minimum Gasteiger partial charge on any atom is -0.496 e. The molecule has 0 aromatic heterocycles. The molecule has 21 heavy (non-hydrogen) atoms. The van der Waals surface area contributed by atoms with Crippen molar-refractivity contribution in [2.24, 2.45) is 5.92 Å². The van der Waals surface area contributed by atoms with E-state index in [0.717, 1.165) is 29.7 Å². The quantitative estimate of drug-likeness (QED) is 0.751. The Hall–Kier alpha value is -2.09. The molecule has 2 heteroatoms. The summed E-state index contributed by atoms with van der Waals surface area (Å²) < 4.78 is 5.56. The highest BCUT2D eigenvalue weighted by atomic mass is 16.5. The van der Waals surface area contributed by atoms with Gasteiger partial charge in [0.05, 0.1) is 7.11 Å². The molecule has 2 aromatic rings. The highest BCUT2D eigenvalue weighted by Crippen LogP contribution is 2.33. The lowest BCUT2D eigenvalue weighted by Crippen LogP contribution is -1.98. The number of rotatable bonds is 6. The summed E-state index contributed by atoms with van der Waals surface area (Å²) in [4.78, 5) is 0. The van der Waals surface area contributed by atoms with Crippen molar-refractivity contribution in [1.29, 1.82) is 5.41 Å². The van der Waals surface area contributed by atoms with Crippen LogP contribution >= 0.6 is 0 Å². The molecule has 0 heterocycles. The molecule has 0 saturated carbocycles. The van der Waals surface area contributed by atoms with E-state index in [1.165, 1.54) is 17.3 Å². The SMILES string of the molecule is COc1c(C)cccc1-c1cccc(CCC(C)C=N)c1. The second-order valence-corrected chi connectivity index (χ2v) is 5.54. The van der Waals surface area contributed by atoms with Crippen LogP contribution in [0.25, 0.3) is 11.1 Å². The van der Waals surface area contributed by atoms with Gasteiger partial charge in [-0.2, -0.15) is 0 Å². The fraction of sp³-hybridized carbons (Fsp3) is 0.316. The van der Waals surface area contributed by atoms with Gasteiger partial charge in [-0.1, -0.05) is 49.4 Å². The molecule has 0 saturated heterocycles. The van der Waals surface area contributed by atoms with Crippen LogP contribution in [0, 0.1) is 18.3 Å². The minimum absolute atomic E-state index is 0.335. The van der Waals surface area contributed by atoms with Crippen LogP contribution in [0.15, 0.2) is 42.5 Å². The van der Waals surface area contributed by atoms with Gasteiger partial charge in [0, 0.05) is 5.56 Å². The van der Waals surface area contributed by atoms with Gasteiger partial charge in [0.25, 0.3) is 0 Å². The van der Waals surface area contributed by atoms with Gasteiger partial charge in [-0.3, -0.25) is 0 Å². The van der Waals surface area contributed by atoms with Crippen molar-refractivity contribution in [3.8, 4) is 16.9 Å². The molecule has 0 spiro atoms. The zero-order chi connectivity index (χ0) is 15.2. The van der Waals surface area contributed by atoms with Crippen LogP contribution in [-0.2, 0) is 6.42 Å². The van der Waals surface area contributed by atoms with Gasteiger partial charge in [-0.15, -0.1) is 0 Å². The number of para-hydroxylation sites is 1. The van der Waals surface area contributed by atoms with Crippen LogP contribution in [-0.4, -0.2) is 13.3 Å². The Bertz CT molecular complexity index is 619. The average molecular weight is 281 g/mol. The fourth-order valence-electron chi connectivity index (χ4n) is 2.52. The number of nitrogens with one attached hydrogen (secondary N) is 1. The Labute approximate surface area is 127 Å². The van der Waals surface area contributed by atoms with Crippen LogP contribution in [0.4, 0.5) is 0 Å². The second kappa shape index (κ2) is 7.07. The van der Waals surface area contributed by atoms with E-state index in [2.05, 4.69) is 56.3 Å². The van der Waals surface area contributed by atoms with E-state index >= 15 is 0 Å². The van der Waals surface area contributed by atoms with E-state index in [-0.39, 0.29) is 0 Å². The summed E-state index contributed by atoms with van der Waals surface area (Å²) in [6, 6.07) is 14.8. The lowest BCUT2D eigenvalue weighted by atomic mass is 9.96. The molecule has 0 aliphatic carbocycles. The third-order valence-corrected chi connectivity index (χ3v) is 3.83. The molecular formula is C19H23NO. The maximum Gasteiger partial charge on any atom is 0.129 e. The van der Waals surface area contributed by atoms with Crippen LogP contribution in [0.1, 0.15) is 24.5 Å². The molecule has 2 aromatic carbocycles. The Morgan fingerprint density at radius 2 is 1.95 bits per heavy atom. The van der Waals surface area contributed by atoms with E-state index < -0.39 is 0 Å². The smallest absolute Gasteiger partial charge is 0.129 e. The Morgan fingerprint density at radius 3 is 2.67 bits per heavy atom. The van der Waals surface area contributed by atoms with Crippen molar-refractivity contribution in [3.05, 3.63) is 53.6 Å². The van der Waals surface area contributed by atoms with Crippen molar-refractivity contribution in [3.63, 3.8) is 0 Å². The first-order chi connectivity index (χ1) is 10.2. The second-order valence-electron chi connectivity index (χ2n) is 5.54. The predicted octanol–water partition coefficient (Wildman–Crippen LogP) is 4.89. The number of benzene rings is 2. The molecule has 0 aliphatic rings. The van der Waals surface area contributed by atoms with Gasteiger partial charge in [0.1, 0.15) is 5.75 Å². The first-order valence-electron chi connectivity index (χ1n) is 7.39. The lowest BCUT2D eigenvalue weighted by molar-refractivity contribution is 0.413. The maximum absolute atomic E-state index is 7.29. The highest BCUT2D eigenvalue weighted by Gasteiger charge is 2.09. The van der Waals surface area contributed by atoms with E-state index in [1.807, 2.05) is 0 Å². The molecule has 2 nitrogen and oxygen atoms in total. The van der Waals surface area contributed by atoms with E-state index in [9.17, 15) is 0 Å². The van der Waals surface area contributed by atoms with E-state index in [4.69, 9.17) is 10.1 Å². The van der Waals surface area contributed by atoms with Crippen LogP contribution in [0.2, 0.25) is 0 Å². The first-order valence-corrected chi connectivity index (χ1v) is 7.39. The van der Waals surface area contributed by atoms with Crippen molar-refractivity contribution in [2.45, 2.75) is 26.7 Å². The predicted molar refractivity (Wildman–Crippen MR) is 89.4 cm³/mol. The number of hydrogen-bond donors (Lipinski definition) is 1. The van der Waals surface area contributed by atoms with Gasteiger partial charge in [0.2, 0.25) is 0 Å². The molecule has 0 aliphatic heterocycles. The zero-order valence-electron chi connectivity index (χ0n) is 13.0. The van der Waals surface area contributed by atoms with Crippen molar-refractivity contribution < 1.29 is 4.74 Å². The molecule has 0 bridgehead atoms. The number of hydrogen-bond acceptors (Lipinski definition) is 2. The fourth-order valence-corrected chi connectivity index (χ4v) is 2.52. The Morgan fingerprint density at radius 1 is 1.19 bits per heavy atom. The topological polar surface area (TPSA) is 33.1 Å². The summed E-state index contributed by atoms with van der Waals surface area (Å²) >= 11 is 0. The molecule has 0 radical (unpaired) electrons. The van der Waals surface area contributed by atoms with Crippen molar-refractivity contribution in [2.75, 3.05) is 7.11 Å². The van der Waals surface area contributed by atoms with Gasteiger partial charge in [-0.25, -0.2) is 0 Å². The van der Waals surface area contributed by atoms with Crippen molar-refractivity contribution >= 4 is 6.21 Å². The molecule has 1 atom stereocenters. The molecule has 110 valence electrons. The normalized spacial score (nSPS) is 12.0. The minimum atomic E-state index is 0.335.